The maximum atomic E-state index is 3.78. The van der Waals surface area contributed by atoms with E-state index < -0.39 is 0 Å². The molecule has 1 N–H and O–H groups in total. The molecule has 3 rings (SSSR count). The Kier molecular flexibility index (Phi) is 4.64. The molecule has 2 unspecified atom stereocenters. The minimum atomic E-state index is 0.528. The third-order valence-corrected chi connectivity index (χ3v) is 5.12. The number of anilines is 1. The summed E-state index contributed by atoms with van der Waals surface area (Å²) in [7, 11) is 0. The molecule has 0 spiro atoms. The van der Waals surface area contributed by atoms with Crippen molar-refractivity contribution in [3.63, 3.8) is 0 Å². The molecule has 1 nitrogen and oxygen atoms in total. The highest BCUT2D eigenvalue weighted by atomic mass is 79.9. The maximum absolute atomic E-state index is 3.78. The van der Waals surface area contributed by atoms with Crippen LogP contribution in [0.1, 0.15) is 42.7 Å². The highest BCUT2D eigenvalue weighted by Gasteiger charge is 2.26. The van der Waals surface area contributed by atoms with Crippen molar-refractivity contribution in [2.24, 2.45) is 0 Å². The summed E-state index contributed by atoms with van der Waals surface area (Å²) in [6, 6.07) is 18.0. The number of aryl methyl sites for hydroxylation is 1. The van der Waals surface area contributed by atoms with E-state index in [1.807, 2.05) is 0 Å². The summed E-state index contributed by atoms with van der Waals surface area (Å²) in [5.41, 5.74) is 3.97. The topological polar surface area (TPSA) is 12.0 Å². The van der Waals surface area contributed by atoms with Gasteiger partial charge in [-0.05, 0) is 59.0 Å². The zero-order chi connectivity index (χ0) is 14.7. The highest BCUT2D eigenvalue weighted by molar-refractivity contribution is 9.10. The van der Waals surface area contributed by atoms with Crippen molar-refractivity contribution in [2.75, 3.05) is 5.32 Å². The van der Waals surface area contributed by atoms with E-state index in [1.54, 1.807) is 0 Å². The van der Waals surface area contributed by atoms with Crippen molar-refractivity contribution in [2.45, 2.75) is 44.6 Å². The summed E-state index contributed by atoms with van der Waals surface area (Å²) in [4.78, 5) is 0. The summed E-state index contributed by atoms with van der Waals surface area (Å²) in [5, 5.41) is 3.78. The molecule has 2 aromatic carbocycles. The fourth-order valence-corrected chi connectivity index (χ4v) is 3.95. The van der Waals surface area contributed by atoms with Crippen LogP contribution < -0.4 is 5.32 Å². The molecule has 0 radical (unpaired) electrons. The van der Waals surface area contributed by atoms with Crippen LogP contribution in [0.5, 0.6) is 0 Å². The number of nitrogens with one attached hydrogen (secondary N) is 1. The Hall–Kier alpha value is -1.28. The molecular formula is C19H22BrN. The Balaban J connectivity index is 1.81. The fraction of sp³-hybridized carbons (Fsp3) is 0.368. The molecule has 0 bridgehead atoms. The molecule has 2 atom stereocenters. The molecule has 1 fully saturated rings. The smallest absolute Gasteiger partial charge is 0.0487 e. The highest BCUT2D eigenvalue weighted by Crippen LogP contribution is 2.36. The van der Waals surface area contributed by atoms with Crippen LogP contribution in [0.4, 0.5) is 5.69 Å². The number of benzene rings is 2. The van der Waals surface area contributed by atoms with Crippen molar-refractivity contribution >= 4 is 21.6 Å². The van der Waals surface area contributed by atoms with Gasteiger partial charge in [-0.2, -0.15) is 0 Å². The molecule has 0 amide bonds. The van der Waals surface area contributed by atoms with Crippen LogP contribution in [-0.2, 0) is 0 Å². The largest absolute Gasteiger partial charge is 0.381 e. The van der Waals surface area contributed by atoms with Crippen molar-refractivity contribution < 1.29 is 0 Å². The molecule has 1 aliphatic carbocycles. The predicted octanol–water partition coefficient (Wildman–Crippen LogP) is 5.90. The molecule has 0 heterocycles. The maximum Gasteiger partial charge on any atom is 0.0487 e. The summed E-state index contributed by atoms with van der Waals surface area (Å²) in [6.45, 7) is 2.13. The van der Waals surface area contributed by atoms with Gasteiger partial charge in [-0.3, -0.25) is 0 Å². The Labute approximate surface area is 135 Å². The second-order valence-corrected chi connectivity index (χ2v) is 6.89. The van der Waals surface area contributed by atoms with E-state index in [0.29, 0.717) is 12.0 Å². The lowest BCUT2D eigenvalue weighted by molar-refractivity contribution is 0.405. The van der Waals surface area contributed by atoms with E-state index in [4.69, 9.17) is 0 Å². The van der Waals surface area contributed by atoms with Crippen LogP contribution in [0.25, 0.3) is 0 Å². The Bertz CT molecular complexity index is 594. The molecule has 1 saturated carbocycles. The minimum Gasteiger partial charge on any atom is -0.381 e. The van der Waals surface area contributed by atoms with Gasteiger partial charge in [0.25, 0.3) is 0 Å². The van der Waals surface area contributed by atoms with Gasteiger partial charge in [0, 0.05) is 22.1 Å². The zero-order valence-corrected chi connectivity index (χ0v) is 14.1. The van der Waals surface area contributed by atoms with Crippen molar-refractivity contribution in [3.8, 4) is 0 Å². The molecule has 21 heavy (non-hydrogen) atoms. The van der Waals surface area contributed by atoms with E-state index in [-0.39, 0.29) is 0 Å². The third kappa shape index (κ3) is 3.49. The van der Waals surface area contributed by atoms with Crippen LogP contribution in [0.3, 0.4) is 0 Å². The Morgan fingerprint density at radius 2 is 1.76 bits per heavy atom. The van der Waals surface area contributed by atoms with E-state index in [1.165, 1.54) is 47.0 Å². The fourth-order valence-electron chi connectivity index (χ4n) is 3.34. The first kappa shape index (κ1) is 14.6. The average Bonchev–Trinajstić information content (AvgIpc) is 2.51. The molecule has 110 valence electrons. The van der Waals surface area contributed by atoms with E-state index in [2.05, 4.69) is 76.7 Å². The SMILES string of the molecule is Cc1ccc(NC2CCCCC2c2ccccc2)c(Br)c1. The summed E-state index contributed by atoms with van der Waals surface area (Å²) in [5.74, 6) is 0.619. The first-order valence-corrected chi connectivity index (χ1v) is 8.61. The number of halogens is 1. The van der Waals surface area contributed by atoms with Crippen molar-refractivity contribution in [1.29, 1.82) is 0 Å². The van der Waals surface area contributed by atoms with Gasteiger partial charge >= 0.3 is 0 Å². The Morgan fingerprint density at radius 3 is 2.52 bits per heavy atom. The molecule has 0 aliphatic heterocycles. The van der Waals surface area contributed by atoms with Gasteiger partial charge in [-0.15, -0.1) is 0 Å². The van der Waals surface area contributed by atoms with Gasteiger partial charge in [0.2, 0.25) is 0 Å². The number of rotatable bonds is 3. The lowest BCUT2D eigenvalue weighted by Gasteiger charge is -2.33. The Morgan fingerprint density at radius 1 is 1.00 bits per heavy atom. The van der Waals surface area contributed by atoms with E-state index in [0.717, 1.165) is 0 Å². The third-order valence-electron chi connectivity index (χ3n) is 4.46. The summed E-state index contributed by atoms with van der Waals surface area (Å²) < 4.78 is 1.17. The second-order valence-electron chi connectivity index (χ2n) is 6.04. The molecule has 0 saturated heterocycles. The normalized spacial score (nSPS) is 22.0. The first-order chi connectivity index (χ1) is 10.2. The molecule has 0 aromatic heterocycles. The summed E-state index contributed by atoms with van der Waals surface area (Å²) in [6.07, 6.45) is 5.20. The van der Waals surface area contributed by atoms with Gasteiger partial charge in [0.05, 0.1) is 0 Å². The van der Waals surface area contributed by atoms with Crippen molar-refractivity contribution in [1.82, 2.24) is 0 Å². The lowest BCUT2D eigenvalue weighted by atomic mass is 9.80. The molecule has 2 aromatic rings. The van der Waals surface area contributed by atoms with Gasteiger partial charge < -0.3 is 5.32 Å². The van der Waals surface area contributed by atoms with Crippen LogP contribution in [0, 0.1) is 6.92 Å². The van der Waals surface area contributed by atoms with E-state index in [9.17, 15) is 0 Å². The first-order valence-electron chi connectivity index (χ1n) is 7.81. The predicted molar refractivity (Wildman–Crippen MR) is 93.9 cm³/mol. The molecule has 2 heteroatoms. The van der Waals surface area contributed by atoms with Crippen LogP contribution >= 0.6 is 15.9 Å². The molecular weight excluding hydrogens is 322 g/mol. The van der Waals surface area contributed by atoms with Crippen LogP contribution in [-0.4, -0.2) is 6.04 Å². The minimum absolute atomic E-state index is 0.528. The van der Waals surface area contributed by atoms with Gasteiger partial charge in [-0.1, -0.05) is 49.2 Å². The number of hydrogen-bond donors (Lipinski definition) is 1. The quantitative estimate of drug-likeness (QED) is 0.731. The van der Waals surface area contributed by atoms with Gasteiger partial charge in [-0.25, -0.2) is 0 Å². The van der Waals surface area contributed by atoms with Gasteiger partial charge in [0.15, 0.2) is 0 Å². The lowest BCUT2D eigenvalue weighted by Crippen LogP contribution is -2.30. The average molecular weight is 344 g/mol. The van der Waals surface area contributed by atoms with Crippen LogP contribution in [0.2, 0.25) is 0 Å². The van der Waals surface area contributed by atoms with Crippen LogP contribution in [0.15, 0.2) is 53.0 Å². The monoisotopic (exact) mass is 343 g/mol. The van der Waals surface area contributed by atoms with E-state index >= 15 is 0 Å². The molecule has 1 aliphatic rings. The van der Waals surface area contributed by atoms with Crippen molar-refractivity contribution in [3.05, 3.63) is 64.1 Å². The second kappa shape index (κ2) is 6.65. The zero-order valence-electron chi connectivity index (χ0n) is 12.5. The number of hydrogen-bond acceptors (Lipinski definition) is 1. The van der Waals surface area contributed by atoms with Gasteiger partial charge in [0.1, 0.15) is 0 Å². The summed E-state index contributed by atoms with van der Waals surface area (Å²) >= 11 is 3.69. The standard InChI is InChI=1S/C19H22BrN/c1-14-11-12-19(17(20)13-14)21-18-10-6-5-9-16(18)15-7-3-2-4-8-15/h2-4,7-8,11-13,16,18,21H,5-6,9-10H2,1H3.